The van der Waals surface area contributed by atoms with Gasteiger partial charge in [0.15, 0.2) is 23.0 Å². The predicted molar refractivity (Wildman–Crippen MR) is 269 cm³/mol. The number of thiophene rings is 1. The second kappa shape index (κ2) is 14.0. The fourth-order valence-electron chi connectivity index (χ4n) is 11.4. The molecule has 0 N–H and O–H groups in total. The van der Waals surface area contributed by atoms with E-state index in [4.69, 9.17) is 9.47 Å². The number of nitrogens with zero attached hydrogens (tertiary/aromatic N) is 1. The number of benzene rings is 9. The van der Waals surface area contributed by atoms with Crippen LogP contribution in [0, 0.1) is 0 Å². The van der Waals surface area contributed by atoms with Gasteiger partial charge in [-0.05, 0) is 118 Å². The lowest BCUT2D eigenvalue weighted by Gasteiger charge is -2.32. The third-order valence-electron chi connectivity index (χ3n) is 14.0. The molecule has 4 aliphatic rings. The molecular weight excluding hydrogens is 811 g/mol. The van der Waals surface area contributed by atoms with Crippen molar-refractivity contribution in [2.24, 2.45) is 0 Å². The largest absolute Gasteiger partial charge is 0.449 e. The summed E-state index contributed by atoms with van der Waals surface area (Å²) in [5.41, 5.74) is 17.6. The molecule has 3 aliphatic carbocycles. The monoisotopic (exact) mass is 849 g/mol. The number of hydrogen-bond donors (Lipinski definition) is 0. The Bertz CT molecular complexity index is 3690. The quantitative estimate of drug-likeness (QED) is 0.172. The molecule has 10 aromatic rings. The summed E-state index contributed by atoms with van der Waals surface area (Å²) < 4.78 is 16.8. The van der Waals surface area contributed by atoms with Gasteiger partial charge in [0.1, 0.15) is 0 Å². The molecule has 1 spiro atoms. The smallest absolute Gasteiger partial charge is 0.178 e. The lowest BCUT2D eigenvalue weighted by Crippen LogP contribution is -2.27. The van der Waals surface area contributed by atoms with Gasteiger partial charge in [-0.15, -0.1) is 11.3 Å². The van der Waals surface area contributed by atoms with Crippen molar-refractivity contribution in [3.8, 4) is 56.4 Å². The Morgan fingerprint density at radius 2 is 1.14 bits per heavy atom. The molecule has 2 heterocycles. The molecule has 1 aliphatic heterocycles. The van der Waals surface area contributed by atoms with Crippen LogP contribution in [-0.4, -0.2) is 0 Å². The first-order valence-electron chi connectivity index (χ1n) is 22.5. The zero-order chi connectivity index (χ0) is 42.6. The van der Waals surface area contributed by atoms with Gasteiger partial charge in [-0.3, -0.25) is 0 Å². The van der Waals surface area contributed by atoms with E-state index in [9.17, 15) is 0 Å². The summed E-state index contributed by atoms with van der Waals surface area (Å²) in [5.74, 6) is 2.92. The normalized spacial score (nSPS) is 16.1. The maximum atomic E-state index is 7.13. The van der Waals surface area contributed by atoms with Gasteiger partial charge < -0.3 is 14.4 Å². The molecule has 306 valence electrons. The van der Waals surface area contributed by atoms with Gasteiger partial charge in [-0.25, -0.2) is 0 Å². The van der Waals surface area contributed by atoms with Crippen molar-refractivity contribution in [1.29, 1.82) is 0 Å². The second-order valence-corrected chi connectivity index (χ2v) is 18.5. The van der Waals surface area contributed by atoms with Crippen LogP contribution in [-0.2, 0) is 5.41 Å². The van der Waals surface area contributed by atoms with Gasteiger partial charge >= 0.3 is 0 Å². The van der Waals surface area contributed by atoms with E-state index in [0.717, 1.165) is 63.7 Å². The summed E-state index contributed by atoms with van der Waals surface area (Å²) >= 11 is 1.85. The van der Waals surface area contributed by atoms with Crippen molar-refractivity contribution >= 4 is 54.1 Å². The van der Waals surface area contributed by atoms with Crippen LogP contribution in [0.15, 0.2) is 218 Å². The first kappa shape index (κ1) is 36.6. The topological polar surface area (TPSA) is 21.7 Å². The predicted octanol–water partition coefficient (Wildman–Crippen LogP) is 17.2. The fraction of sp³-hybridized carbons (Fsp3) is 0.0492. The molecule has 0 saturated heterocycles. The van der Waals surface area contributed by atoms with Gasteiger partial charge in [0.2, 0.25) is 0 Å². The molecule has 0 fully saturated rings. The Morgan fingerprint density at radius 1 is 0.462 bits per heavy atom. The highest BCUT2D eigenvalue weighted by Gasteiger charge is 2.53. The molecule has 14 rings (SSSR count). The van der Waals surface area contributed by atoms with Gasteiger partial charge in [0.05, 0.1) is 11.1 Å². The standard InChI is InChI=1S/C61H39NO2S/c1-2-17-40(18-3-1)62(53-29-12-7-20-42(53)39-32-33-47-46-23-8-13-31-56(46)65-57(47)37-39)41-19-14-16-38(36-41)43-25-15-30-54-59(43)63-55-35-34-52-58(60(55)64-54)48-24-6-11-28-51(48)61(52)49-26-9-4-21-44(49)45-22-5-10-27-50(45)61/h1-4,6-21,23-37H,5,22H2. The zero-order valence-electron chi connectivity index (χ0n) is 35.3. The third-order valence-corrected chi connectivity index (χ3v) is 15.2. The van der Waals surface area contributed by atoms with Crippen LogP contribution < -0.4 is 14.4 Å². The molecule has 0 amide bonds. The second-order valence-electron chi connectivity index (χ2n) is 17.4. The number of fused-ring (bicyclic) bond motifs is 15. The summed E-state index contributed by atoms with van der Waals surface area (Å²) in [6, 6.07) is 72.4. The van der Waals surface area contributed by atoms with E-state index in [1.54, 1.807) is 0 Å². The minimum absolute atomic E-state index is 0.412. The van der Waals surface area contributed by atoms with E-state index in [-0.39, 0.29) is 0 Å². The summed E-state index contributed by atoms with van der Waals surface area (Å²) in [4.78, 5) is 2.37. The molecule has 0 bridgehead atoms. The summed E-state index contributed by atoms with van der Waals surface area (Å²) in [5, 5.41) is 2.60. The number of allylic oxidation sites excluding steroid dienone is 4. The fourth-order valence-corrected chi connectivity index (χ4v) is 12.5. The first-order chi connectivity index (χ1) is 32.2. The van der Waals surface area contributed by atoms with Crippen LogP contribution in [0.4, 0.5) is 17.1 Å². The number of rotatable bonds is 5. The summed E-state index contributed by atoms with van der Waals surface area (Å²) in [6.45, 7) is 0. The minimum Gasteiger partial charge on any atom is -0.449 e. The van der Waals surface area contributed by atoms with E-state index in [1.807, 2.05) is 17.4 Å². The van der Waals surface area contributed by atoms with Crippen molar-refractivity contribution in [1.82, 2.24) is 0 Å². The average Bonchev–Trinajstić information content (AvgIpc) is 4.00. The molecule has 1 aromatic heterocycles. The number of anilines is 3. The Morgan fingerprint density at radius 3 is 2.05 bits per heavy atom. The first-order valence-corrected chi connectivity index (χ1v) is 23.3. The van der Waals surface area contributed by atoms with Crippen molar-refractivity contribution < 1.29 is 9.47 Å². The van der Waals surface area contributed by atoms with Gasteiger partial charge in [-0.1, -0.05) is 158 Å². The maximum Gasteiger partial charge on any atom is 0.178 e. The van der Waals surface area contributed by atoms with Crippen LogP contribution in [0.2, 0.25) is 0 Å². The van der Waals surface area contributed by atoms with Crippen molar-refractivity contribution in [2.75, 3.05) is 4.90 Å². The van der Waals surface area contributed by atoms with E-state index in [2.05, 4.69) is 211 Å². The molecule has 1 unspecified atom stereocenters. The Kier molecular flexibility index (Phi) is 7.90. The van der Waals surface area contributed by atoms with Crippen LogP contribution in [0.1, 0.15) is 35.1 Å². The lowest BCUT2D eigenvalue weighted by atomic mass is 9.69. The van der Waals surface area contributed by atoms with Crippen LogP contribution in [0.5, 0.6) is 23.0 Å². The van der Waals surface area contributed by atoms with Gasteiger partial charge in [0, 0.05) is 48.2 Å². The van der Waals surface area contributed by atoms with Crippen molar-refractivity contribution in [2.45, 2.75) is 18.3 Å². The van der Waals surface area contributed by atoms with E-state index < -0.39 is 5.41 Å². The van der Waals surface area contributed by atoms with Crippen LogP contribution in [0.25, 0.3) is 59.1 Å². The Hall–Kier alpha value is -7.92. The van der Waals surface area contributed by atoms with E-state index in [0.29, 0.717) is 11.5 Å². The molecule has 9 aromatic carbocycles. The van der Waals surface area contributed by atoms with Crippen LogP contribution >= 0.6 is 11.3 Å². The molecule has 1 atom stereocenters. The average molecular weight is 850 g/mol. The Labute approximate surface area is 381 Å². The number of ether oxygens (including phenoxy) is 2. The van der Waals surface area contributed by atoms with Crippen LogP contribution in [0.3, 0.4) is 0 Å². The highest BCUT2D eigenvalue weighted by atomic mass is 32.1. The van der Waals surface area contributed by atoms with E-state index in [1.165, 1.54) is 64.7 Å². The Balaban J connectivity index is 0.879. The highest BCUT2D eigenvalue weighted by molar-refractivity contribution is 7.25. The minimum atomic E-state index is -0.412. The molecular formula is C61H39NO2S. The van der Waals surface area contributed by atoms with E-state index >= 15 is 0 Å². The maximum absolute atomic E-state index is 7.13. The molecule has 0 radical (unpaired) electrons. The zero-order valence-corrected chi connectivity index (χ0v) is 36.1. The summed E-state index contributed by atoms with van der Waals surface area (Å²) in [6.07, 6.45) is 6.84. The molecule has 65 heavy (non-hydrogen) atoms. The van der Waals surface area contributed by atoms with Gasteiger partial charge in [-0.2, -0.15) is 0 Å². The van der Waals surface area contributed by atoms with Crippen molar-refractivity contribution in [3.05, 3.63) is 240 Å². The molecule has 0 saturated carbocycles. The lowest BCUT2D eigenvalue weighted by molar-refractivity contribution is 0.361. The summed E-state index contributed by atoms with van der Waals surface area (Å²) in [7, 11) is 0. The SMILES string of the molecule is C1=CC2=C(CC1)c1ccccc1C21c2ccccc2-c2c1ccc1c2Oc2cccc(-c3cccc(N(c4ccccc4)c4ccccc4-c4ccc5c(c4)sc4ccccc45)c3)c2O1. The number of para-hydroxylation sites is 3. The third kappa shape index (κ3) is 5.23. The van der Waals surface area contributed by atoms with Crippen molar-refractivity contribution in [3.63, 3.8) is 0 Å². The highest BCUT2D eigenvalue weighted by Crippen LogP contribution is 2.67. The molecule has 4 heteroatoms. The number of hydrogen-bond acceptors (Lipinski definition) is 4. The van der Waals surface area contributed by atoms with Gasteiger partial charge in [0.25, 0.3) is 0 Å². The molecule has 3 nitrogen and oxygen atoms in total.